The van der Waals surface area contributed by atoms with Crippen LogP contribution in [0.5, 0.6) is 0 Å². The molecule has 0 saturated heterocycles. The number of hydrogen-bond donors (Lipinski definition) is 2. The van der Waals surface area contributed by atoms with E-state index in [0.717, 1.165) is 22.8 Å². The second-order valence-corrected chi connectivity index (χ2v) is 5.91. The first-order valence-corrected chi connectivity index (χ1v) is 6.89. The number of aliphatic carboxylic acids is 1. The van der Waals surface area contributed by atoms with Gasteiger partial charge in [-0.2, -0.15) is 0 Å². The highest BCUT2D eigenvalue weighted by atomic mass is 127. The van der Waals surface area contributed by atoms with Gasteiger partial charge in [0.1, 0.15) is 0 Å². The third-order valence-corrected chi connectivity index (χ3v) is 4.00. The van der Waals surface area contributed by atoms with Crippen molar-refractivity contribution in [1.82, 2.24) is 5.32 Å². The molecule has 0 heterocycles. The molecule has 1 aliphatic rings. The van der Waals surface area contributed by atoms with Crippen LogP contribution < -0.4 is 5.32 Å². The average molecular weight is 359 g/mol. The zero-order valence-corrected chi connectivity index (χ0v) is 11.9. The van der Waals surface area contributed by atoms with E-state index in [9.17, 15) is 9.59 Å². The summed E-state index contributed by atoms with van der Waals surface area (Å²) in [5.74, 6) is -1.05. The fourth-order valence-electron chi connectivity index (χ4n) is 2.15. The predicted octanol–water partition coefficient (Wildman–Crippen LogP) is 2.42. The Balaban J connectivity index is 2.06. The lowest BCUT2D eigenvalue weighted by atomic mass is 9.74. The number of benzene rings is 1. The van der Waals surface area contributed by atoms with Gasteiger partial charge < -0.3 is 10.4 Å². The van der Waals surface area contributed by atoms with Gasteiger partial charge >= 0.3 is 5.97 Å². The average Bonchev–Trinajstić information content (AvgIpc) is 2.26. The molecule has 0 bridgehead atoms. The number of carboxylic acids is 1. The van der Waals surface area contributed by atoms with E-state index in [1.165, 1.54) is 0 Å². The minimum absolute atomic E-state index is 0.00308. The van der Waals surface area contributed by atoms with Crippen molar-refractivity contribution < 1.29 is 14.7 Å². The zero-order chi connectivity index (χ0) is 13.2. The van der Waals surface area contributed by atoms with E-state index in [2.05, 4.69) is 27.9 Å². The first-order chi connectivity index (χ1) is 8.51. The van der Waals surface area contributed by atoms with Crippen molar-refractivity contribution in [2.24, 2.45) is 0 Å². The van der Waals surface area contributed by atoms with Crippen LogP contribution in [0.2, 0.25) is 0 Å². The van der Waals surface area contributed by atoms with Gasteiger partial charge in [-0.1, -0.05) is 0 Å². The van der Waals surface area contributed by atoms with E-state index in [1.807, 2.05) is 12.1 Å². The molecule has 1 amide bonds. The fraction of sp³-hybridized carbons (Fsp3) is 0.385. The number of nitrogens with one attached hydrogen (secondary N) is 1. The van der Waals surface area contributed by atoms with Crippen LogP contribution in [-0.2, 0) is 4.79 Å². The molecule has 96 valence electrons. The molecular weight excluding hydrogens is 345 g/mol. The van der Waals surface area contributed by atoms with E-state index in [-0.39, 0.29) is 12.3 Å². The van der Waals surface area contributed by atoms with Crippen molar-refractivity contribution in [3.8, 4) is 0 Å². The maximum Gasteiger partial charge on any atom is 0.305 e. The van der Waals surface area contributed by atoms with E-state index < -0.39 is 11.5 Å². The number of hydrogen-bond acceptors (Lipinski definition) is 2. The van der Waals surface area contributed by atoms with Gasteiger partial charge in [0.2, 0.25) is 0 Å². The van der Waals surface area contributed by atoms with Crippen LogP contribution in [-0.4, -0.2) is 22.5 Å². The van der Waals surface area contributed by atoms with Gasteiger partial charge in [-0.05, 0) is 66.1 Å². The van der Waals surface area contributed by atoms with Crippen LogP contribution in [0.25, 0.3) is 0 Å². The summed E-state index contributed by atoms with van der Waals surface area (Å²) in [5, 5.41) is 11.8. The molecule has 0 spiro atoms. The predicted molar refractivity (Wildman–Crippen MR) is 75.5 cm³/mol. The summed E-state index contributed by atoms with van der Waals surface area (Å²) in [6, 6.07) is 7.23. The number of carbonyl (C=O) groups excluding carboxylic acids is 1. The topological polar surface area (TPSA) is 66.4 Å². The molecule has 5 heteroatoms. The molecule has 0 unspecified atom stereocenters. The summed E-state index contributed by atoms with van der Waals surface area (Å²) >= 11 is 2.17. The Morgan fingerprint density at radius 3 is 2.33 bits per heavy atom. The van der Waals surface area contributed by atoms with Gasteiger partial charge in [-0.3, -0.25) is 9.59 Å². The third-order valence-electron chi connectivity index (χ3n) is 3.29. The second-order valence-electron chi connectivity index (χ2n) is 4.67. The zero-order valence-electron chi connectivity index (χ0n) is 9.78. The highest BCUT2D eigenvalue weighted by Crippen LogP contribution is 2.35. The molecule has 1 aliphatic carbocycles. The highest BCUT2D eigenvalue weighted by molar-refractivity contribution is 14.1. The molecule has 0 aliphatic heterocycles. The number of carbonyl (C=O) groups is 2. The molecule has 2 N–H and O–H groups in total. The summed E-state index contributed by atoms with van der Waals surface area (Å²) < 4.78 is 1.06. The first kappa shape index (κ1) is 13.3. The van der Waals surface area contributed by atoms with Crippen molar-refractivity contribution in [2.45, 2.75) is 31.2 Å². The SMILES string of the molecule is O=C(O)CC1(NC(=O)c2ccc(I)cc2)CCC1. The normalized spacial score (nSPS) is 16.7. The second kappa shape index (κ2) is 5.26. The Kier molecular flexibility index (Phi) is 3.89. The van der Waals surface area contributed by atoms with Crippen molar-refractivity contribution in [2.75, 3.05) is 0 Å². The minimum Gasteiger partial charge on any atom is -0.481 e. The molecule has 1 saturated carbocycles. The van der Waals surface area contributed by atoms with Crippen LogP contribution in [0.4, 0.5) is 0 Å². The number of rotatable bonds is 4. The first-order valence-electron chi connectivity index (χ1n) is 5.81. The largest absolute Gasteiger partial charge is 0.481 e. The molecule has 2 rings (SSSR count). The minimum atomic E-state index is -0.863. The highest BCUT2D eigenvalue weighted by Gasteiger charge is 2.40. The molecule has 18 heavy (non-hydrogen) atoms. The van der Waals surface area contributed by atoms with E-state index >= 15 is 0 Å². The van der Waals surface area contributed by atoms with Crippen molar-refractivity contribution in [3.63, 3.8) is 0 Å². The van der Waals surface area contributed by atoms with Gasteiger partial charge in [0.15, 0.2) is 0 Å². The maximum atomic E-state index is 12.0. The van der Waals surface area contributed by atoms with E-state index in [1.54, 1.807) is 12.1 Å². The Morgan fingerprint density at radius 1 is 1.28 bits per heavy atom. The van der Waals surface area contributed by atoms with Gasteiger partial charge in [0, 0.05) is 9.13 Å². The summed E-state index contributed by atoms with van der Waals surface area (Å²) in [5.41, 5.74) is 0.0402. The number of halogens is 1. The lowest BCUT2D eigenvalue weighted by Crippen LogP contribution is -2.54. The Labute approximate surface area is 119 Å². The molecule has 1 aromatic rings. The van der Waals surface area contributed by atoms with Crippen LogP contribution in [0, 0.1) is 3.57 Å². The molecule has 1 aromatic carbocycles. The van der Waals surface area contributed by atoms with Crippen LogP contribution in [0.1, 0.15) is 36.0 Å². The Morgan fingerprint density at radius 2 is 1.89 bits per heavy atom. The Hall–Kier alpha value is -1.11. The summed E-state index contributed by atoms with van der Waals surface area (Å²) in [6.07, 6.45) is 2.47. The van der Waals surface area contributed by atoms with Crippen LogP contribution >= 0.6 is 22.6 Å². The molecular formula is C13H14INO3. The summed E-state index contributed by atoms with van der Waals surface area (Å²) in [4.78, 5) is 22.9. The van der Waals surface area contributed by atoms with Gasteiger partial charge in [-0.15, -0.1) is 0 Å². The van der Waals surface area contributed by atoms with E-state index in [4.69, 9.17) is 5.11 Å². The maximum absolute atomic E-state index is 12.0. The summed E-state index contributed by atoms with van der Waals surface area (Å²) in [7, 11) is 0. The van der Waals surface area contributed by atoms with Gasteiger partial charge in [0.05, 0.1) is 12.0 Å². The molecule has 4 nitrogen and oxygen atoms in total. The van der Waals surface area contributed by atoms with Crippen LogP contribution in [0.15, 0.2) is 24.3 Å². The lowest BCUT2D eigenvalue weighted by Gasteiger charge is -2.41. The number of carboxylic acid groups (broad SMARTS) is 1. The third kappa shape index (κ3) is 3.01. The van der Waals surface area contributed by atoms with Crippen molar-refractivity contribution >= 4 is 34.5 Å². The van der Waals surface area contributed by atoms with E-state index in [0.29, 0.717) is 5.56 Å². The smallest absolute Gasteiger partial charge is 0.305 e. The summed E-state index contributed by atoms with van der Waals surface area (Å²) in [6.45, 7) is 0. The van der Waals surface area contributed by atoms with Gasteiger partial charge in [0.25, 0.3) is 5.91 Å². The molecule has 0 aromatic heterocycles. The lowest BCUT2D eigenvalue weighted by molar-refractivity contribution is -0.139. The van der Waals surface area contributed by atoms with Crippen molar-refractivity contribution in [3.05, 3.63) is 33.4 Å². The quantitative estimate of drug-likeness (QED) is 0.812. The fourth-order valence-corrected chi connectivity index (χ4v) is 2.51. The standard InChI is InChI=1S/C13H14INO3/c14-10-4-2-9(3-5-10)12(18)15-13(6-1-7-13)8-11(16)17/h2-5H,1,6-8H2,(H,15,18)(H,16,17). The number of amides is 1. The monoisotopic (exact) mass is 359 g/mol. The van der Waals surface area contributed by atoms with Crippen LogP contribution in [0.3, 0.4) is 0 Å². The molecule has 0 atom stereocenters. The Bertz CT molecular complexity index is 466. The molecule has 0 radical (unpaired) electrons. The molecule has 1 fully saturated rings. The van der Waals surface area contributed by atoms with Gasteiger partial charge in [-0.25, -0.2) is 0 Å². The van der Waals surface area contributed by atoms with Crippen molar-refractivity contribution in [1.29, 1.82) is 0 Å².